The Morgan fingerprint density at radius 2 is 2.42 bits per heavy atom. The number of aromatic nitrogens is 1. The SMILES string of the molecule is Cc1ncsc1CCC1(N)CC1. The number of aryl methyl sites for hydroxylation is 2. The molecule has 0 aliphatic heterocycles. The molecular weight excluding hydrogens is 168 g/mol. The van der Waals surface area contributed by atoms with Crippen LogP contribution in [0.5, 0.6) is 0 Å². The second-order valence-electron chi connectivity index (χ2n) is 3.72. The minimum atomic E-state index is 0.191. The van der Waals surface area contributed by atoms with Crippen molar-refractivity contribution in [3.63, 3.8) is 0 Å². The lowest BCUT2D eigenvalue weighted by atomic mass is 10.1. The van der Waals surface area contributed by atoms with E-state index in [1.165, 1.54) is 23.4 Å². The average Bonchev–Trinajstić information content (AvgIpc) is 2.61. The van der Waals surface area contributed by atoms with Crippen LogP contribution in [0, 0.1) is 6.92 Å². The lowest BCUT2D eigenvalue weighted by molar-refractivity contribution is 0.611. The van der Waals surface area contributed by atoms with Gasteiger partial charge in [-0.15, -0.1) is 11.3 Å². The van der Waals surface area contributed by atoms with Gasteiger partial charge in [-0.3, -0.25) is 0 Å². The first-order valence-electron chi connectivity index (χ1n) is 4.37. The topological polar surface area (TPSA) is 38.9 Å². The molecule has 12 heavy (non-hydrogen) atoms. The molecule has 1 aliphatic rings. The van der Waals surface area contributed by atoms with Crippen molar-refractivity contribution in [1.82, 2.24) is 4.98 Å². The van der Waals surface area contributed by atoms with Crippen LogP contribution in [0.25, 0.3) is 0 Å². The van der Waals surface area contributed by atoms with Gasteiger partial charge in [-0.05, 0) is 32.6 Å². The summed E-state index contributed by atoms with van der Waals surface area (Å²) in [5, 5.41) is 0. The maximum Gasteiger partial charge on any atom is 0.0797 e. The molecule has 2 nitrogen and oxygen atoms in total. The van der Waals surface area contributed by atoms with E-state index >= 15 is 0 Å². The van der Waals surface area contributed by atoms with Gasteiger partial charge >= 0.3 is 0 Å². The van der Waals surface area contributed by atoms with Crippen LogP contribution in [-0.4, -0.2) is 10.5 Å². The molecule has 1 aromatic heterocycles. The molecule has 1 saturated carbocycles. The third kappa shape index (κ3) is 1.67. The first kappa shape index (κ1) is 8.20. The summed E-state index contributed by atoms with van der Waals surface area (Å²) in [6.45, 7) is 2.07. The monoisotopic (exact) mass is 182 g/mol. The van der Waals surface area contributed by atoms with Gasteiger partial charge in [0.15, 0.2) is 0 Å². The van der Waals surface area contributed by atoms with E-state index in [4.69, 9.17) is 5.73 Å². The molecule has 2 rings (SSSR count). The third-order valence-corrected chi connectivity index (χ3v) is 3.58. The first-order chi connectivity index (χ1) is 5.70. The Morgan fingerprint density at radius 1 is 1.67 bits per heavy atom. The van der Waals surface area contributed by atoms with Gasteiger partial charge in [0.05, 0.1) is 11.2 Å². The second-order valence-corrected chi connectivity index (χ2v) is 4.66. The minimum Gasteiger partial charge on any atom is -0.325 e. The van der Waals surface area contributed by atoms with E-state index in [2.05, 4.69) is 11.9 Å². The zero-order valence-electron chi connectivity index (χ0n) is 7.34. The summed E-state index contributed by atoms with van der Waals surface area (Å²) >= 11 is 1.75. The Bertz CT molecular complexity index is 276. The van der Waals surface area contributed by atoms with Gasteiger partial charge in [-0.1, -0.05) is 0 Å². The van der Waals surface area contributed by atoms with Gasteiger partial charge in [0.2, 0.25) is 0 Å². The van der Waals surface area contributed by atoms with E-state index in [9.17, 15) is 0 Å². The van der Waals surface area contributed by atoms with Gasteiger partial charge in [-0.2, -0.15) is 0 Å². The second kappa shape index (κ2) is 2.82. The van der Waals surface area contributed by atoms with Crippen molar-refractivity contribution in [3.8, 4) is 0 Å². The average molecular weight is 182 g/mol. The fraction of sp³-hybridized carbons (Fsp3) is 0.667. The Balaban J connectivity index is 1.91. The highest BCUT2D eigenvalue weighted by Crippen LogP contribution is 2.37. The van der Waals surface area contributed by atoms with Gasteiger partial charge in [0.1, 0.15) is 0 Å². The van der Waals surface area contributed by atoms with Crippen LogP contribution in [0.1, 0.15) is 29.8 Å². The number of nitrogens with zero attached hydrogens (tertiary/aromatic N) is 1. The van der Waals surface area contributed by atoms with Crippen LogP contribution in [0.4, 0.5) is 0 Å². The number of thiazole rings is 1. The highest BCUT2D eigenvalue weighted by atomic mass is 32.1. The summed E-state index contributed by atoms with van der Waals surface area (Å²) in [7, 11) is 0. The van der Waals surface area contributed by atoms with E-state index in [0.717, 1.165) is 12.8 Å². The minimum absolute atomic E-state index is 0.191. The van der Waals surface area contributed by atoms with Crippen LogP contribution in [0.3, 0.4) is 0 Å². The van der Waals surface area contributed by atoms with Gasteiger partial charge < -0.3 is 5.73 Å². The Hall–Kier alpha value is -0.410. The first-order valence-corrected chi connectivity index (χ1v) is 5.25. The van der Waals surface area contributed by atoms with E-state index in [1.54, 1.807) is 11.3 Å². The van der Waals surface area contributed by atoms with E-state index < -0.39 is 0 Å². The molecule has 2 N–H and O–H groups in total. The molecule has 0 bridgehead atoms. The molecule has 0 saturated heterocycles. The fourth-order valence-corrected chi connectivity index (χ4v) is 2.12. The quantitative estimate of drug-likeness (QED) is 0.775. The molecule has 1 fully saturated rings. The van der Waals surface area contributed by atoms with Crippen LogP contribution in [-0.2, 0) is 6.42 Å². The predicted octanol–water partition coefficient (Wildman–Crippen LogP) is 1.88. The zero-order chi connectivity index (χ0) is 8.60. The maximum atomic E-state index is 6.00. The van der Waals surface area contributed by atoms with Crippen molar-refractivity contribution < 1.29 is 0 Å². The summed E-state index contributed by atoms with van der Waals surface area (Å²) in [5.41, 5.74) is 9.29. The molecular formula is C9H14N2S. The molecule has 1 aromatic rings. The predicted molar refractivity (Wildman–Crippen MR) is 51.3 cm³/mol. The van der Waals surface area contributed by atoms with Gasteiger partial charge in [0.25, 0.3) is 0 Å². The van der Waals surface area contributed by atoms with Crippen LogP contribution < -0.4 is 5.73 Å². The van der Waals surface area contributed by atoms with Gasteiger partial charge in [0, 0.05) is 10.4 Å². The molecule has 66 valence electrons. The summed E-state index contributed by atoms with van der Waals surface area (Å²) < 4.78 is 0. The Kier molecular flexibility index (Phi) is 1.93. The molecule has 3 heteroatoms. The van der Waals surface area contributed by atoms with E-state index in [0.29, 0.717) is 0 Å². The highest BCUT2D eigenvalue weighted by Gasteiger charge is 2.37. The van der Waals surface area contributed by atoms with Crippen LogP contribution in [0.15, 0.2) is 5.51 Å². The van der Waals surface area contributed by atoms with Crippen LogP contribution in [0.2, 0.25) is 0 Å². The summed E-state index contributed by atoms with van der Waals surface area (Å²) in [6.07, 6.45) is 4.68. The Morgan fingerprint density at radius 3 is 2.92 bits per heavy atom. The molecule has 1 aliphatic carbocycles. The van der Waals surface area contributed by atoms with Gasteiger partial charge in [-0.25, -0.2) is 4.98 Å². The van der Waals surface area contributed by atoms with Crippen molar-refractivity contribution in [2.45, 2.75) is 38.1 Å². The number of nitrogens with two attached hydrogens (primary N) is 1. The summed E-state index contributed by atoms with van der Waals surface area (Å²) in [4.78, 5) is 5.62. The number of hydrogen-bond donors (Lipinski definition) is 1. The molecule has 0 atom stereocenters. The Labute approximate surface area is 76.8 Å². The molecule has 0 radical (unpaired) electrons. The van der Waals surface area contributed by atoms with Crippen molar-refractivity contribution in [1.29, 1.82) is 0 Å². The molecule has 0 unspecified atom stereocenters. The highest BCUT2D eigenvalue weighted by molar-refractivity contribution is 7.09. The normalized spacial score (nSPS) is 19.5. The zero-order valence-corrected chi connectivity index (χ0v) is 8.16. The van der Waals surface area contributed by atoms with Crippen molar-refractivity contribution in [2.75, 3.05) is 0 Å². The molecule has 0 spiro atoms. The van der Waals surface area contributed by atoms with Crippen molar-refractivity contribution in [3.05, 3.63) is 16.1 Å². The lowest BCUT2D eigenvalue weighted by Gasteiger charge is -2.06. The lowest BCUT2D eigenvalue weighted by Crippen LogP contribution is -2.21. The smallest absolute Gasteiger partial charge is 0.0797 e. The fourth-order valence-electron chi connectivity index (χ4n) is 1.34. The standard InChI is InChI=1S/C9H14N2S/c1-7-8(12-6-11-7)2-3-9(10)4-5-9/h6H,2-5,10H2,1H3. The molecule has 0 amide bonds. The van der Waals surface area contributed by atoms with Crippen molar-refractivity contribution >= 4 is 11.3 Å². The summed E-state index contributed by atoms with van der Waals surface area (Å²) in [6, 6.07) is 0. The summed E-state index contributed by atoms with van der Waals surface area (Å²) in [5.74, 6) is 0. The van der Waals surface area contributed by atoms with Crippen molar-refractivity contribution in [2.24, 2.45) is 5.73 Å². The van der Waals surface area contributed by atoms with E-state index in [-0.39, 0.29) is 5.54 Å². The molecule has 0 aromatic carbocycles. The number of rotatable bonds is 3. The largest absolute Gasteiger partial charge is 0.325 e. The number of hydrogen-bond acceptors (Lipinski definition) is 3. The van der Waals surface area contributed by atoms with E-state index in [1.807, 2.05) is 5.51 Å². The maximum absolute atomic E-state index is 6.00. The van der Waals surface area contributed by atoms with Crippen LogP contribution >= 0.6 is 11.3 Å². The molecule has 1 heterocycles. The third-order valence-electron chi connectivity index (χ3n) is 2.59.